The van der Waals surface area contributed by atoms with Crippen LogP contribution >= 0.6 is 0 Å². The molecule has 2 aliphatic rings. The second kappa shape index (κ2) is 6.23. The molecule has 2 fully saturated rings. The molecule has 3 heterocycles. The van der Waals surface area contributed by atoms with Crippen molar-refractivity contribution >= 4 is 11.9 Å². The first kappa shape index (κ1) is 15.9. The normalized spacial score (nSPS) is 23.2. The molecule has 2 saturated heterocycles. The number of hydrogen-bond acceptors (Lipinski definition) is 5. The fraction of sp³-hybridized carbons (Fsp3) is 0.625. The van der Waals surface area contributed by atoms with Gasteiger partial charge in [-0.05, 0) is 12.8 Å². The Morgan fingerprint density at radius 2 is 2.00 bits per heavy atom. The number of ether oxygens (including phenoxy) is 1. The van der Waals surface area contributed by atoms with E-state index in [1.54, 1.807) is 4.90 Å². The smallest absolute Gasteiger partial charge is 0.308 e. The van der Waals surface area contributed by atoms with Gasteiger partial charge in [0.2, 0.25) is 0 Å². The first-order valence-corrected chi connectivity index (χ1v) is 7.96. The molecule has 1 unspecified atom stereocenters. The van der Waals surface area contributed by atoms with E-state index in [2.05, 4.69) is 9.97 Å². The number of carboxylic acid groups (broad SMARTS) is 1. The second-order valence-electron chi connectivity index (χ2n) is 6.29. The van der Waals surface area contributed by atoms with Crippen LogP contribution in [0.2, 0.25) is 0 Å². The predicted molar refractivity (Wildman–Crippen MR) is 80.9 cm³/mol. The van der Waals surface area contributed by atoms with Gasteiger partial charge in [-0.2, -0.15) is 0 Å². The highest BCUT2D eigenvalue weighted by Crippen LogP contribution is 2.44. The third-order valence-electron chi connectivity index (χ3n) is 4.99. The standard InChI is InChI=1S/C16H21N3O4/c1-2-13-17-7-11(8-18-13)14(20)19-9-12(15(21)22)16(10-19)3-5-23-6-4-16/h7-8,12H,2-6,9-10H2,1H3,(H,21,22). The first-order valence-electron chi connectivity index (χ1n) is 7.96. The average molecular weight is 319 g/mol. The lowest BCUT2D eigenvalue weighted by atomic mass is 9.72. The summed E-state index contributed by atoms with van der Waals surface area (Å²) in [4.78, 5) is 34.3. The van der Waals surface area contributed by atoms with Gasteiger partial charge in [-0.3, -0.25) is 9.59 Å². The number of aromatic nitrogens is 2. The van der Waals surface area contributed by atoms with Crippen molar-refractivity contribution in [3.63, 3.8) is 0 Å². The molecule has 0 aliphatic carbocycles. The van der Waals surface area contributed by atoms with Crippen molar-refractivity contribution < 1.29 is 19.4 Å². The highest BCUT2D eigenvalue weighted by atomic mass is 16.5. The maximum atomic E-state index is 12.7. The molecule has 3 rings (SSSR count). The summed E-state index contributed by atoms with van der Waals surface area (Å²) in [5.74, 6) is -0.875. The number of aliphatic carboxylic acids is 1. The van der Waals surface area contributed by atoms with Crippen molar-refractivity contribution in [1.82, 2.24) is 14.9 Å². The largest absolute Gasteiger partial charge is 0.481 e. The number of carbonyl (C=O) groups is 2. The summed E-state index contributed by atoms with van der Waals surface area (Å²) >= 11 is 0. The molecule has 1 spiro atoms. The number of carbonyl (C=O) groups excluding carboxylic acids is 1. The van der Waals surface area contributed by atoms with Crippen LogP contribution in [0.15, 0.2) is 12.4 Å². The molecule has 124 valence electrons. The number of nitrogens with zero attached hydrogens (tertiary/aromatic N) is 3. The Morgan fingerprint density at radius 3 is 2.57 bits per heavy atom. The minimum atomic E-state index is -0.834. The van der Waals surface area contributed by atoms with E-state index in [0.717, 1.165) is 0 Å². The SMILES string of the molecule is CCc1ncc(C(=O)N2CC(C(=O)O)C3(CCOCC3)C2)cn1. The number of hydrogen-bond donors (Lipinski definition) is 1. The van der Waals surface area contributed by atoms with E-state index in [1.807, 2.05) is 6.92 Å². The van der Waals surface area contributed by atoms with Gasteiger partial charge in [-0.25, -0.2) is 9.97 Å². The summed E-state index contributed by atoms with van der Waals surface area (Å²) in [7, 11) is 0. The van der Waals surface area contributed by atoms with Crippen LogP contribution in [0.1, 0.15) is 35.9 Å². The number of likely N-dealkylation sites (tertiary alicyclic amines) is 1. The summed E-state index contributed by atoms with van der Waals surface area (Å²) in [6.45, 7) is 3.76. The number of amides is 1. The Hall–Kier alpha value is -2.02. The molecule has 0 radical (unpaired) electrons. The molecule has 0 bridgehead atoms. The summed E-state index contributed by atoms with van der Waals surface area (Å²) in [6.07, 6.45) is 5.12. The van der Waals surface area contributed by atoms with E-state index in [9.17, 15) is 14.7 Å². The molecule has 7 heteroatoms. The van der Waals surface area contributed by atoms with E-state index in [-0.39, 0.29) is 17.9 Å². The number of rotatable bonds is 3. The summed E-state index contributed by atoms with van der Waals surface area (Å²) in [6, 6.07) is 0. The maximum Gasteiger partial charge on any atom is 0.308 e. The lowest BCUT2D eigenvalue weighted by Gasteiger charge is -2.36. The molecule has 1 N–H and O–H groups in total. The highest BCUT2D eigenvalue weighted by molar-refractivity contribution is 5.94. The zero-order chi connectivity index (χ0) is 16.4. The van der Waals surface area contributed by atoms with Gasteiger partial charge in [0.1, 0.15) is 5.82 Å². The molecule has 2 aliphatic heterocycles. The predicted octanol–water partition coefficient (Wildman–Crippen LogP) is 0.992. The lowest BCUT2D eigenvalue weighted by Crippen LogP contribution is -2.40. The quantitative estimate of drug-likeness (QED) is 0.893. The summed E-state index contributed by atoms with van der Waals surface area (Å²) < 4.78 is 5.37. The van der Waals surface area contributed by atoms with Crippen molar-refractivity contribution in [2.24, 2.45) is 11.3 Å². The Balaban J connectivity index is 1.80. The summed E-state index contributed by atoms with van der Waals surface area (Å²) in [5.41, 5.74) is 0.0414. The first-order chi connectivity index (χ1) is 11.1. The Labute approximate surface area is 134 Å². The van der Waals surface area contributed by atoms with Crippen LogP contribution in [0.4, 0.5) is 0 Å². The molecule has 1 aromatic rings. The van der Waals surface area contributed by atoms with Gasteiger partial charge in [0.05, 0.1) is 11.5 Å². The van der Waals surface area contributed by atoms with Crippen LogP contribution in [-0.2, 0) is 16.0 Å². The van der Waals surface area contributed by atoms with Crippen LogP contribution in [0.5, 0.6) is 0 Å². The molecule has 0 aromatic carbocycles. The lowest BCUT2D eigenvalue weighted by molar-refractivity contribution is -0.146. The minimum Gasteiger partial charge on any atom is -0.481 e. The van der Waals surface area contributed by atoms with E-state index in [4.69, 9.17) is 4.74 Å². The molecular weight excluding hydrogens is 298 g/mol. The molecule has 1 amide bonds. The van der Waals surface area contributed by atoms with Crippen LogP contribution in [0, 0.1) is 11.3 Å². The van der Waals surface area contributed by atoms with Crippen molar-refractivity contribution in [3.8, 4) is 0 Å². The average Bonchev–Trinajstić information content (AvgIpc) is 2.94. The Bertz CT molecular complexity index is 596. The van der Waals surface area contributed by atoms with E-state index in [1.165, 1.54) is 12.4 Å². The van der Waals surface area contributed by atoms with Gasteiger partial charge in [0.25, 0.3) is 5.91 Å². The number of aryl methyl sites for hydroxylation is 1. The van der Waals surface area contributed by atoms with Crippen LogP contribution < -0.4 is 0 Å². The van der Waals surface area contributed by atoms with Crippen molar-refractivity contribution in [2.75, 3.05) is 26.3 Å². The van der Waals surface area contributed by atoms with Crippen molar-refractivity contribution in [2.45, 2.75) is 26.2 Å². The van der Waals surface area contributed by atoms with Gasteiger partial charge in [0.15, 0.2) is 0 Å². The monoisotopic (exact) mass is 319 g/mol. The van der Waals surface area contributed by atoms with Gasteiger partial charge >= 0.3 is 5.97 Å². The number of carboxylic acids is 1. The molecule has 1 atom stereocenters. The molecule has 23 heavy (non-hydrogen) atoms. The highest BCUT2D eigenvalue weighted by Gasteiger charge is 2.52. The van der Waals surface area contributed by atoms with Crippen LogP contribution in [0.25, 0.3) is 0 Å². The summed E-state index contributed by atoms with van der Waals surface area (Å²) in [5, 5.41) is 9.57. The van der Waals surface area contributed by atoms with Crippen molar-refractivity contribution in [1.29, 1.82) is 0 Å². The zero-order valence-corrected chi connectivity index (χ0v) is 13.2. The van der Waals surface area contributed by atoms with Gasteiger partial charge < -0.3 is 14.7 Å². The third kappa shape index (κ3) is 2.93. The van der Waals surface area contributed by atoms with Crippen LogP contribution in [-0.4, -0.2) is 58.2 Å². The van der Waals surface area contributed by atoms with Crippen LogP contribution in [0.3, 0.4) is 0 Å². The molecule has 0 saturated carbocycles. The molecule has 7 nitrogen and oxygen atoms in total. The fourth-order valence-corrected chi connectivity index (χ4v) is 3.58. The molecule has 1 aromatic heterocycles. The van der Waals surface area contributed by atoms with Gasteiger partial charge in [0, 0.05) is 50.5 Å². The van der Waals surface area contributed by atoms with Gasteiger partial charge in [-0.1, -0.05) is 6.92 Å². The fourth-order valence-electron chi connectivity index (χ4n) is 3.58. The van der Waals surface area contributed by atoms with E-state index < -0.39 is 11.9 Å². The van der Waals surface area contributed by atoms with Crippen molar-refractivity contribution in [3.05, 3.63) is 23.8 Å². The van der Waals surface area contributed by atoms with Gasteiger partial charge in [-0.15, -0.1) is 0 Å². The Kier molecular flexibility index (Phi) is 4.30. The van der Waals surface area contributed by atoms with E-state index >= 15 is 0 Å². The van der Waals surface area contributed by atoms with E-state index in [0.29, 0.717) is 50.4 Å². The molecular formula is C16H21N3O4. The Morgan fingerprint density at radius 1 is 1.35 bits per heavy atom. The zero-order valence-electron chi connectivity index (χ0n) is 13.2. The minimum absolute atomic E-state index is 0.192. The third-order valence-corrected chi connectivity index (χ3v) is 4.99. The second-order valence-corrected chi connectivity index (χ2v) is 6.29. The topological polar surface area (TPSA) is 92.6 Å². The maximum absolute atomic E-state index is 12.7.